The molecule has 2 aromatic carbocycles. The minimum Gasteiger partial charge on any atom is -0.394 e. The summed E-state index contributed by atoms with van der Waals surface area (Å²) < 4.78 is 13.4. The van der Waals surface area contributed by atoms with Crippen LogP contribution in [0.25, 0.3) is 11.1 Å². The lowest BCUT2D eigenvalue weighted by molar-refractivity contribution is -0.132. The van der Waals surface area contributed by atoms with Crippen LogP contribution in [0, 0.1) is 11.7 Å². The Morgan fingerprint density at radius 1 is 1.12 bits per heavy atom. The van der Waals surface area contributed by atoms with Crippen LogP contribution in [0.3, 0.4) is 0 Å². The fraction of sp³-hybridized carbons (Fsp3) is 0.308. The van der Waals surface area contributed by atoms with Gasteiger partial charge >= 0.3 is 0 Å². The molecule has 1 N–H and O–H groups in total. The number of rotatable bonds is 4. The Balaban J connectivity index is 1.54. The smallest absolute Gasteiger partial charge is 0.229 e. The first kappa shape index (κ1) is 20.6. The number of nitrogens with zero attached hydrogens (tertiary/aromatic N) is 3. The highest BCUT2D eigenvalue weighted by atomic mass is 19.1. The summed E-state index contributed by atoms with van der Waals surface area (Å²) in [5, 5.41) is 10.2. The van der Waals surface area contributed by atoms with E-state index in [2.05, 4.69) is 16.0 Å². The molecule has 1 amide bonds. The normalized spacial score (nSPS) is 21.9. The molecule has 5 nitrogen and oxygen atoms in total. The molecule has 3 heterocycles. The molecular formula is C26H26FN3O2. The van der Waals surface area contributed by atoms with Crippen LogP contribution in [0.2, 0.25) is 0 Å². The standard InChI is InChI=1S/C26H26FN3O2/c1-29-23-10-7-18(17-5-8-19(27)9-6-17)14-22(23)26-21(24(29)16-31)11-13-30(26)25(32)15-20-4-2-3-12-28-20/h2-10,12,14,21,24,26,31H,11,13,15-16H2,1H3/t21-,24-,26-/m0/s1. The third-order valence-electron chi connectivity index (χ3n) is 6.91. The van der Waals surface area contributed by atoms with Gasteiger partial charge in [-0.1, -0.05) is 24.3 Å². The Hall–Kier alpha value is -3.25. The van der Waals surface area contributed by atoms with E-state index in [1.54, 1.807) is 18.3 Å². The molecule has 0 spiro atoms. The molecule has 6 heteroatoms. The number of aliphatic hydroxyl groups is 1. The number of amides is 1. The molecule has 0 bridgehead atoms. The largest absolute Gasteiger partial charge is 0.394 e. The Morgan fingerprint density at radius 3 is 2.62 bits per heavy atom. The van der Waals surface area contributed by atoms with Gasteiger partial charge in [0.2, 0.25) is 5.91 Å². The summed E-state index contributed by atoms with van der Waals surface area (Å²) in [5.74, 6) is -0.0661. The molecule has 164 valence electrons. The number of likely N-dealkylation sites (N-methyl/N-ethyl adjacent to an activating group) is 1. The highest BCUT2D eigenvalue weighted by Crippen LogP contribution is 2.49. The zero-order valence-electron chi connectivity index (χ0n) is 18.0. The molecule has 0 aliphatic carbocycles. The number of aromatic nitrogens is 1. The van der Waals surface area contributed by atoms with Gasteiger partial charge < -0.3 is 14.9 Å². The fourth-order valence-electron chi connectivity index (χ4n) is 5.31. The second-order valence-corrected chi connectivity index (χ2v) is 8.62. The first-order chi connectivity index (χ1) is 15.6. The molecule has 2 aliphatic rings. The van der Waals surface area contributed by atoms with Crippen molar-refractivity contribution in [3.05, 3.63) is 83.9 Å². The van der Waals surface area contributed by atoms with Crippen LogP contribution >= 0.6 is 0 Å². The van der Waals surface area contributed by atoms with Crippen LogP contribution in [0.5, 0.6) is 0 Å². The SMILES string of the molecule is CN1c2ccc(-c3ccc(F)cc3)cc2[C@@H]2[C@@H](CCN2C(=O)Cc2ccccn2)[C@@H]1CO. The van der Waals surface area contributed by atoms with E-state index < -0.39 is 0 Å². The average Bonchev–Trinajstić information content (AvgIpc) is 3.26. The van der Waals surface area contributed by atoms with E-state index in [-0.39, 0.29) is 42.8 Å². The van der Waals surface area contributed by atoms with Gasteiger partial charge in [0, 0.05) is 37.1 Å². The molecule has 32 heavy (non-hydrogen) atoms. The molecule has 2 aliphatic heterocycles. The molecule has 0 radical (unpaired) electrons. The lowest BCUT2D eigenvalue weighted by Crippen LogP contribution is -2.48. The highest BCUT2D eigenvalue weighted by Gasteiger charge is 2.47. The van der Waals surface area contributed by atoms with E-state index in [0.717, 1.165) is 34.5 Å². The van der Waals surface area contributed by atoms with E-state index in [4.69, 9.17) is 0 Å². The van der Waals surface area contributed by atoms with Crippen LogP contribution in [0.1, 0.15) is 23.7 Å². The van der Waals surface area contributed by atoms with Crippen molar-refractivity contribution in [1.82, 2.24) is 9.88 Å². The maximum Gasteiger partial charge on any atom is 0.229 e. The molecule has 1 aromatic heterocycles. The average molecular weight is 432 g/mol. The van der Waals surface area contributed by atoms with Gasteiger partial charge in [-0.05, 0) is 59.5 Å². The van der Waals surface area contributed by atoms with Crippen molar-refractivity contribution in [1.29, 1.82) is 0 Å². The summed E-state index contributed by atoms with van der Waals surface area (Å²) in [6.07, 6.45) is 2.81. The highest BCUT2D eigenvalue weighted by molar-refractivity contribution is 5.80. The van der Waals surface area contributed by atoms with Crippen molar-refractivity contribution in [2.45, 2.75) is 24.9 Å². The molecule has 3 atom stereocenters. The fourth-order valence-corrected chi connectivity index (χ4v) is 5.31. The van der Waals surface area contributed by atoms with Crippen molar-refractivity contribution in [3.8, 4) is 11.1 Å². The number of likely N-dealkylation sites (tertiary alicyclic amines) is 1. The van der Waals surface area contributed by atoms with Gasteiger partial charge in [-0.2, -0.15) is 0 Å². The van der Waals surface area contributed by atoms with Crippen LogP contribution < -0.4 is 4.90 Å². The minimum absolute atomic E-state index is 0.0408. The first-order valence-corrected chi connectivity index (χ1v) is 11.0. The van der Waals surface area contributed by atoms with E-state index >= 15 is 0 Å². The van der Waals surface area contributed by atoms with Gasteiger partial charge in [-0.25, -0.2) is 4.39 Å². The van der Waals surface area contributed by atoms with Gasteiger partial charge in [0.25, 0.3) is 0 Å². The van der Waals surface area contributed by atoms with E-state index in [1.807, 2.05) is 42.3 Å². The second kappa shape index (κ2) is 8.36. The molecule has 5 rings (SSSR count). The van der Waals surface area contributed by atoms with Crippen LogP contribution in [-0.4, -0.2) is 47.1 Å². The molecular weight excluding hydrogens is 405 g/mol. The van der Waals surface area contributed by atoms with Gasteiger partial charge in [0.05, 0.1) is 25.1 Å². The third kappa shape index (κ3) is 3.54. The van der Waals surface area contributed by atoms with Crippen molar-refractivity contribution in [3.63, 3.8) is 0 Å². The second-order valence-electron chi connectivity index (χ2n) is 8.62. The van der Waals surface area contributed by atoms with Crippen molar-refractivity contribution in [2.24, 2.45) is 5.92 Å². The number of fused-ring (bicyclic) bond motifs is 3. The lowest BCUT2D eigenvalue weighted by Gasteiger charge is -2.44. The zero-order chi connectivity index (χ0) is 22.2. The quantitative estimate of drug-likeness (QED) is 0.682. The minimum atomic E-state index is -0.264. The van der Waals surface area contributed by atoms with Gasteiger partial charge in [0.1, 0.15) is 5.82 Å². The topological polar surface area (TPSA) is 56.7 Å². The summed E-state index contributed by atoms with van der Waals surface area (Å²) in [6.45, 7) is 0.699. The van der Waals surface area contributed by atoms with Crippen LogP contribution in [-0.2, 0) is 11.2 Å². The molecule has 3 aromatic rings. The molecule has 1 fully saturated rings. The van der Waals surface area contributed by atoms with E-state index in [1.165, 1.54) is 12.1 Å². The number of pyridine rings is 1. The van der Waals surface area contributed by atoms with Crippen molar-refractivity contribution >= 4 is 11.6 Å². The number of carbonyl (C=O) groups is 1. The van der Waals surface area contributed by atoms with Gasteiger partial charge in [0.15, 0.2) is 0 Å². The number of halogens is 1. The van der Waals surface area contributed by atoms with Crippen molar-refractivity contribution in [2.75, 3.05) is 25.1 Å². The van der Waals surface area contributed by atoms with E-state index in [9.17, 15) is 14.3 Å². The number of hydrogen-bond acceptors (Lipinski definition) is 4. The van der Waals surface area contributed by atoms with Gasteiger partial charge in [-0.15, -0.1) is 0 Å². The predicted octanol–water partition coefficient (Wildman–Crippen LogP) is 3.83. The summed E-state index contributed by atoms with van der Waals surface area (Å²) in [7, 11) is 2.01. The number of aliphatic hydroxyl groups excluding tert-OH is 1. The maximum atomic E-state index is 13.4. The summed E-state index contributed by atoms with van der Waals surface area (Å²) in [6, 6.07) is 18.1. The lowest BCUT2D eigenvalue weighted by atomic mass is 9.81. The molecule has 0 unspecified atom stereocenters. The number of anilines is 1. The summed E-state index contributed by atoms with van der Waals surface area (Å²) in [4.78, 5) is 21.7. The van der Waals surface area contributed by atoms with Crippen LogP contribution in [0.15, 0.2) is 66.9 Å². The third-order valence-corrected chi connectivity index (χ3v) is 6.91. The number of benzene rings is 2. The zero-order valence-corrected chi connectivity index (χ0v) is 18.0. The van der Waals surface area contributed by atoms with Crippen molar-refractivity contribution < 1.29 is 14.3 Å². The molecule has 1 saturated heterocycles. The summed E-state index contributed by atoms with van der Waals surface area (Å²) >= 11 is 0. The predicted molar refractivity (Wildman–Crippen MR) is 122 cm³/mol. The first-order valence-electron chi connectivity index (χ1n) is 11.0. The number of hydrogen-bond donors (Lipinski definition) is 1. The Kier molecular flexibility index (Phi) is 5.39. The Labute approximate surface area is 187 Å². The monoisotopic (exact) mass is 431 g/mol. The summed E-state index contributed by atoms with van der Waals surface area (Å²) in [5.41, 5.74) is 4.78. The number of carbonyl (C=O) groups excluding carboxylic acids is 1. The maximum absolute atomic E-state index is 13.4. The Morgan fingerprint density at radius 2 is 1.91 bits per heavy atom. The van der Waals surface area contributed by atoms with Crippen LogP contribution in [0.4, 0.5) is 10.1 Å². The Bertz CT molecular complexity index is 1120. The van der Waals surface area contributed by atoms with E-state index in [0.29, 0.717) is 6.54 Å². The van der Waals surface area contributed by atoms with Gasteiger partial charge in [-0.3, -0.25) is 9.78 Å². The molecule has 0 saturated carbocycles.